The lowest BCUT2D eigenvalue weighted by molar-refractivity contribution is 0.0766. The summed E-state index contributed by atoms with van der Waals surface area (Å²) in [7, 11) is 1.87. The van der Waals surface area contributed by atoms with Gasteiger partial charge in [-0.15, -0.1) is 0 Å². The molecule has 4 nitrogen and oxygen atoms in total. The lowest BCUT2D eigenvalue weighted by atomic mass is 10.2. The number of carbonyl (C=O) groups excluding carboxylic acids is 1. The molecule has 0 aromatic heterocycles. The molecule has 0 spiro atoms. The van der Waals surface area contributed by atoms with Crippen LogP contribution in [0.15, 0.2) is 24.3 Å². The van der Waals surface area contributed by atoms with Crippen LogP contribution in [0.4, 0.5) is 5.69 Å². The summed E-state index contributed by atoms with van der Waals surface area (Å²) in [6, 6.07) is 7.08. The number of hydrogen-bond donors (Lipinski definition) is 2. The molecule has 0 aliphatic rings. The van der Waals surface area contributed by atoms with E-state index >= 15 is 0 Å². The third-order valence-corrected chi connectivity index (χ3v) is 2.43. The average Bonchev–Trinajstić information content (AvgIpc) is 2.29. The number of nitrogens with two attached hydrogens (primary N) is 1. The van der Waals surface area contributed by atoms with Crippen LogP contribution in [0.5, 0.6) is 0 Å². The number of nitrogens with zero attached hydrogens (tertiary/aromatic N) is 1. The van der Waals surface area contributed by atoms with Crippen LogP contribution < -0.4 is 11.1 Å². The first-order chi connectivity index (χ1) is 7.69. The Bertz CT molecular complexity index is 352. The van der Waals surface area contributed by atoms with Gasteiger partial charge < -0.3 is 16.0 Å². The third kappa shape index (κ3) is 3.24. The Morgan fingerprint density at radius 1 is 1.50 bits per heavy atom. The standard InChI is InChI=1S/C12H19N3O/c1-3-15(8-7-14-2)12(16)10-5-4-6-11(13)9-10/h4-6,9,14H,3,7-8,13H2,1-2H3. The predicted octanol–water partition coefficient (Wildman–Crippen LogP) is 0.950. The van der Waals surface area contributed by atoms with Gasteiger partial charge >= 0.3 is 0 Å². The van der Waals surface area contributed by atoms with Crippen molar-refractivity contribution in [1.29, 1.82) is 0 Å². The van der Waals surface area contributed by atoms with Crippen LogP contribution in [0.2, 0.25) is 0 Å². The molecule has 0 aliphatic carbocycles. The van der Waals surface area contributed by atoms with Gasteiger partial charge in [-0.05, 0) is 32.2 Å². The number of nitrogens with one attached hydrogen (secondary N) is 1. The van der Waals surface area contributed by atoms with Gasteiger partial charge in [0.2, 0.25) is 0 Å². The van der Waals surface area contributed by atoms with Crippen molar-refractivity contribution < 1.29 is 4.79 Å². The Labute approximate surface area is 96.4 Å². The van der Waals surface area contributed by atoms with Crippen molar-refractivity contribution >= 4 is 11.6 Å². The molecular formula is C12H19N3O. The van der Waals surface area contributed by atoms with Gasteiger partial charge in [-0.1, -0.05) is 6.07 Å². The lowest BCUT2D eigenvalue weighted by Crippen LogP contribution is -2.36. The fraction of sp³-hybridized carbons (Fsp3) is 0.417. The molecule has 1 amide bonds. The molecule has 0 aliphatic heterocycles. The maximum atomic E-state index is 12.1. The summed E-state index contributed by atoms with van der Waals surface area (Å²) in [5, 5.41) is 3.03. The molecule has 1 aromatic rings. The minimum absolute atomic E-state index is 0.0325. The fourth-order valence-corrected chi connectivity index (χ4v) is 1.50. The fourth-order valence-electron chi connectivity index (χ4n) is 1.50. The minimum Gasteiger partial charge on any atom is -0.399 e. The second-order valence-corrected chi connectivity index (χ2v) is 3.61. The Morgan fingerprint density at radius 2 is 2.25 bits per heavy atom. The second-order valence-electron chi connectivity index (χ2n) is 3.61. The van der Waals surface area contributed by atoms with E-state index in [1.54, 1.807) is 29.2 Å². The quantitative estimate of drug-likeness (QED) is 0.728. The van der Waals surface area contributed by atoms with E-state index in [1.807, 2.05) is 14.0 Å². The number of hydrogen-bond acceptors (Lipinski definition) is 3. The number of anilines is 1. The Hall–Kier alpha value is -1.55. The topological polar surface area (TPSA) is 58.4 Å². The highest BCUT2D eigenvalue weighted by Crippen LogP contribution is 2.09. The molecule has 0 saturated heterocycles. The van der Waals surface area contributed by atoms with Crippen LogP contribution >= 0.6 is 0 Å². The van der Waals surface area contributed by atoms with E-state index in [2.05, 4.69) is 5.32 Å². The molecule has 16 heavy (non-hydrogen) atoms. The van der Waals surface area contributed by atoms with Gasteiger partial charge in [0.15, 0.2) is 0 Å². The van der Waals surface area contributed by atoms with Crippen molar-refractivity contribution in [2.24, 2.45) is 0 Å². The van der Waals surface area contributed by atoms with Crippen molar-refractivity contribution in [3.8, 4) is 0 Å². The molecule has 1 rings (SSSR count). The molecular weight excluding hydrogens is 202 g/mol. The monoisotopic (exact) mass is 221 g/mol. The van der Waals surface area contributed by atoms with Gasteiger partial charge in [-0.2, -0.15) is 0 Å². The van der Waals surface area contributed by atoms with Crippen LogP contribution in [0.1, 0.15) is 17.3 Å². The van der Waals surface area contributed by atoms with Crippen LogP contribution in [0, 0.1) is 0 Å². The summed E-state index contributed by atoms with van der Waals surface area (Å²) in [6.07, 6.45) is 0. The van der Waals surface area contributed by atoms with E-state index < -0.39 is 0 Å². The van der Waals surface area contributed by atoms with Crippen molar-refractivity contribution in [1.82, 2.24) is 10.2 Å². The zero-order chi connectivity index (χ0) is 12.0. The Balaban J connectivity index is 2.74. The van der Waals surface area contributed by atoms with E-state index in [4.69, 9.17) is 5.73 Å². The summed E-state index contributed by atoms with van der Waals surface area (Å²) in [5.41, 5.74) is 6.93. The van der Waals surface area contributed by atoms with Crippen molar-refractivity contribution in [3.05, 3.63) is 29.8 Å². The molecule has 0 atom stereocenters. The van der Waals surface area contributed by atoms with Gasteiger partial charge in [-0.3, -0.25) is 4.79 Å². The smallest absolute Gasteiger partial charge is 0.253 e. The predicted molar refractivity (Wildman–Crippen MR) is 66.4 cm³/mol. The van der Waals surface area contributed by atoms with Crippen LogP contribution in [-0.2, 0) is 0 Å². The van der Waals surface area contributed by atoms with Gasteiger partial charge in [-0.25, -0.2) is 0 Å². The molecule has 0 fully saturated rings. The number of carbonyl (C=O) groups is 1. The maximum absolute atomic E-state index is 12.1. The van der Waals surface area contributed by atoms with Gasteiger partial charge in [0.1, 0.15) is 0 Å². The molecule has 1 aromatic carbocycles. The highest BCUT2D eigenvalue weighted by Gasteiger charge is 2.13. The lowest BCUT2D eigenvalue weighted by Gasteiger charge is -2.20. The Kier molecular flexibility index (Phi) is 4.79. The molecule has 0 saturated carbocycles. The normalized spacial score (nSPS) is 10.1. The van der Waals surface area contributed by atoms with E-state index in [-0.39, 0.29) is 5.91 Å². The highest BCUT2D eigenvalue weighted by atomic mass is 16.2. The minimum atomic E-state index is 0.0325. The number of amides is 1. The van der Waals surface area contributed by atoms with E-state index in [0.717, 1.165) is 6.54 Å². The molecule has 0 unspecified atom stereocenters. The number of benzene rings is 1. The molecule has 88 valence electrons. The molecule has 3 N–H and O–H groups in total. The number of nitrogen functional groups attached to an aromatic ring is 1. The number of likely N-dealkylation sites (N-methyl/N-ethyl adjacent to an activating group) is 2. The van der Waals surface area contributed by atoms with Crippen LogP contribution in [0.25, 0.3) is 0 Å². The summed E-state index contributed by atoms with van der Waals surface area (Å²) < 4.78 is 0. The van der Waals surface area contributed by atoms with Crippen molar-refractivity contribution in [2.45, 2.75) is 6.92 Å². The summed E-state index contributed by atoms with van der Waals surface area (Å²) >= 11 is 0. The van der Waals surface area contributed by atoms with Crippen LogP contribution in [-0.4, -0.2) is 37.5 Å². The average molecular weight is 221 g/mol. The molecule has 4 heteroatoms. The summed E-state index contributed by atoms with van der Waals surface area (Å²) in [4.78, 5) is 13.9. The summed E-state index contributed by atoms with van der Waals surface area (Å²) in [6.45, 7) is 4.18. The Morgan fingerprint density at radius 3 is 2.81 bits per heavy atom. The first kappa shape index (κ1) is 12.5. The molecule has 0 bridgehead atoms. The highest BCUT2D eigenvalue weighted by molar-refractivity contribution is 5.95. The van der Waals surface area contributed by atoms with E-state index in [9.17, 15) is 4.79 Å². The van der Waals surface area contributed by atoms with Gasteiger partial charge in [0, 0.05) is 30.9 Å². The molecule has 0 radical (unpaired) electrons. The zero-order valence-electron chi connectivity index (χ0n) is 9.86. The van der Waals surface area contributed by atoms with Crippen molar-refractivity contribution in [3.63, 3.8) is 0 Å². The van der Waals surface area contributed by atoms with E-state index in [0.29, 0.717) is 24.3 Å². The maximum Gasteiger partial charge on any atom is 0.253 e. The van der Waals surface area contributed by atoms with Gasteiger partial charge in [0.25, 0.3) is 5.91 Å². The third-order valence-electron chi connectivity index (χ3n) is 2.43. The van der Waals surface area contributed by atoms with Crippen molar-refractivity contribution in [2.75, 3.05) is 32.4 Å². The van der Waals surface area contributed by atoms with Crippen LogP contribution in [0.3, 0.4) is 0 Å². The molecule has 0 heterocycles. The first-order valence-corrected chi connectivity index (χ1v) is 5.48. The summed E-state index contributed by atoms with van der Waals surface area (Å²) in [5.74, 6) is 0.0325. The largest absolute Gasteiger partial charge is 0.399 e. The van der Waals surface area contributed by atoms with Gasteiger partial charge in [0.05, 0.1) is 0 Å². The first-order valence-electron chi connectivity index (χ1n) is 5.48. The zero-order valence-corrected chi connectivity index (χ0v) is 9.86. The number of rotatable bonds is 5. The second kappa shape index (κ2) is 6.12. The van der Waals surface area contributed by atoms with E-state index in [1.165, 1.54) is 0 Å². The SMILES string of the molecule is CCN(CCNC)C(=O)c1cccc(N)c1.